The summed E-state index contributed by atoms with van der Waals surface area (Å²) < 4.78 is 43.2. The number of halogens is 3. The normalized spacial score (nSPS) is 11.3. The molecule has 0 unspecified atom stereocenters. The van der Waals surface area contributed by atoms with E-state index in [1.54, 1.807) is 12.1 Å². The molecule has 0 saturated heterocycles. The Morgan fingerprint density at radius 2 is 1.50 bits per heavy atom. The van der Waals surface area contributed by atoms with Crippen LogP contribution in [-0.4, -0.2) is 37.2 Å². The van der Waals surface area contributed by atoms with Crippen molar-refractivity contribution in [3.63, 3.8) is 0 Å². The quantitative estimate of drug-likeness (QED) is 0.141. The summed E-state index contributed by atoms with van der Waals surface area (Å²) in [6.45, 7) is 3.71. The van der Waals surface area contributed by atoms with E-state index in [1.807, 2.05) is 62.4 Å². The summed E-state index contributed by atoms with van der Waals surface area (Å²) >= 11 is 1.28. The fourth-order valence-corrected chi connectivity index (χ4v) is 4.95. The third-order valence-electron chi connectivity index (χ3n) is 5.80. The second kappa shape index (κ2) is 12.3. The van der Waals surface area contributed by atoms with Crippen molar-refractivity contribution < 1.29 is 22.7 Å². The number of aryl methyl sites for hydroxylation is 2. The minimum atomic E-state index is -4.82. The van der Waals surface area contributed by atoms with Crippen molar-refractivity contribution >= 4 is 34.7 Å². The maximum atomic E-state index is 13.4. The van der Waals surface area contributed by atoms with E-state index < -0.39 is 12.3 Å². The summed E-state index contributed by atoms with van der Waals surface area (Å²) in [6.07, 6.45) is -4.82. The molecule has 5 rings (SSSR count). The molecule has 0 saturated carbocycles. The lowest BCUT2D eigenvalue weighted by atomic mass is 10.2. The van der Waals surface area contributed by atoms with Gasteiger partial charge < -0.3 is 15.4 Å². The van der Waals surface area contributed by atoms with Crippen LogP contribution in [0.1, 0.15) is 27.6 Å². The standard InChI is InChI=1S/C29H24F3N7O2S/c1-18-16-19(2)34-28(33-18)42-17-25-26(37-38-39(25)23-12-14-24(15-13-23)41-29(30,31)32)27(40)36-22-10-8-21(9-11-22)35-20-6-4-3-5-7-20/h3-16,35H,17H2,1-2H3,(H,36,40). The van der Waals surface area contributed by atoms with Crippen molar-refractivity contribution in [2.45, 2.75) is 31.1 Å². The zero-order valence-corrected chi connectivity index (χ0v) is 23.2. The van der Waals surface area contributed by atoms with Crippen LogP contribution in [0.2, 0.25) is 0 Å². The van der Waals surface area contributed by atoms with Gasteiger partial charge in [0.25, 0.3) is 5.91 Å². The molecule has 0 radical (unpaired) electrons. The number of ether oxygens (including phenoxy) is 1. The van der Waals surface area contributed by atoms with Crippen molar-refractivity contribution in [3.05, 3.63) is 108 Å². The highest BCUT2D eigenvalue weighted by molar-refractivity contribution is 7.98. The number of carbonyl (C=O) groups excluding carboxylic acids is 1. The third kappa shape index (κ3) is 7.43. The molecular formula is C29H24F3N7O2S. The van der Waals surface area contributed by atoms with Crippen LogP contribution in [-0.2, 0) is 5.75 Å². The van der Waals surface area contributed by atoms with Crippen LogP contribution in [0.25, 0.3) is 5.69 Å². The molecule has 0 atom stereocenters. The molecule has 1 amide bonds. The van der Waals surface area contributed by atoms with Crippen molar-refractivity contribution in [1.82, 2.24) is 25.0 Å². The topological polar surface area (TPSA) is 107 Å². The zero-order chi connectivity index (χ0) is 29.7. The Balaban J connectivity index is 1.39. The predicted molar refractivity (Wildman–Crippen MR) is 153 cm³/mol. The van der Waals surface area contributed by atoms with E-state index in [1.165, 1.54) is 40.7 Å². The lowest BCUT2D eigenvalue weighted by Crippen LogP contribution is -2.17. The van der Waals surface area contributed by atoms with Gasteiger partial charge in [0, 0.05) is 34.2 Å². The average Bonchev–Trinajstić information content (AvgIpc) is 3.37. The summed E-state index contributed by atoms with van der Waals surface area (Å²) in [5.74, 6) is -0.674. The molecule has 2 N–H and O–H groups in total. The summed E-state index contributed by atoms with van der Waals surface area (Å²) in [7, 11) is 0. The second-order valence-electron chi connectivity index (χ2n) is 9.08. The van der Waals surface area contributed by atoms with Crippen LogP contribution in [0.4, 0.5) is 30.2 Å². The average molecular weight is 592 g/mol. The lowest BCUT2D eigenvalue weighted by Gasteiger charge is -2.11. The third-order valence-corrected chi connectivity index (χ3v) is 6.66. The van der Waals surface area contributed by atoms with E-state index >= 15 is 0 Å². The van der Waals surface area contributed by atoms with Gasteiger partial charge in [-0.05, 0) is 80.6 Å². The first-order valence-corrected chi connectivity index (χ1v) is 13.6. The zero-order valence-electron chi connectivity index (χ0n) is 22.4. The minimum Gasteiger partial charge on any atom is -0.406 e. The summed E-state index contributed by atoms with van der Waals surface area (Å²) in [5.41, 5.74) is 4.75. The lowest BCUT2D eigenvalue weighted by molar-refractivity contribution is -0.274. The number of aromatic nitrogens is 5. The molecule has 0 bridgehead atoms. The van der Waals surface area contributed by atoms with Gasteiger partial charge >= 0.3 is 6.36 Å². The van der Waals surface area contributed by atoms with E-state index in [4.69, 9.17) is 0 Å². The number of thioether (sulfide) groups is 1. The van der Waals surface area contributed by atoms with E-state index in [2.05, 4.69) is 35.7 Å². The van der Waals surface area contributed by atoms with Crippen LogP contribution >= 0.6 is 11.8 Å². The number of amides is 1. The monoisotopic (exact) mass is 591 g/mol. The molecule has 9 nitrogen and oxygen atoms in total. The Labute approximate surface area is 243 Å². The highest BCUT2D eigenvalue weighted by Crippen LogP contribution is 2.27. The fourth-order valence-electron chi connectivity index (χ4n) is 4.01. The van der Waals surface area contributed by atoms with Gasteiger partial charge in [0.15, 0.2) is 10.9 Å². The Bertz CT molecular complexity index is 1660. The molecule has 13 heteroatoms. The van der Waals surface area contributed by atoms with Gasteiger partial charge in [-0.15, -0.1) is 18.3 Å². The van der Waals surface area contributed by atoms with E-state index in [9.17, 15) is 18.0 Å². The number of hydrogen-bond donors (Lipinski definition) is 2. The Morgan fingerprint density at radius 3 is 2.14 bits per heavy atom. The first kappa shape index (κ1) is 28.6. The number of anilines is 3. The Hall–Kier alpha value is -4.91. The first-order chi connectivity index (χ1) is 20.1. The highest BCUT2D eigenvalue weighted by atomic mass is 32.2. The number of nitrogens with zero attached hydrogens (tertiary/aromatic N) is 5. The molecule has 0 aliphatic carbocycles. The molecule has 2 aromatic heterocycles. The van der Waals surface area contributed by atoms with Crippen molar-refractivity contribution in [1.29, 1.82) is 0 Å². The Kier molecular flexibility index (Phi) is 8.38. The Morgan fingerprint density at radius 1 is 0.881 bits per heavy atom. The largest absolute Gasteiger partial charge is 0.573 e. The van der Waals surface area contributed by atoms with Gasteiger partial charge in [0.2, 0.25) is 0 Å². The molecule has 0 aliphatic heterocycles. The van der Waals surface area contributed by atoms with Gasteiger partial charge in [-0.2, -0.15) is 0 Å². The fraction of sp³-hybridized carbons (Fsp3) is 0.138. The number of benzene rings is 3. The molecule has 0 fully saturated rings. The van der Waals surface area contributed by atoms with Crippen LogP contribution in [0.5, 0.6) is 5.75 Å². The van der Waals surface area contributed by atoms with E-state index in [-0.39, 0.29) is 17.2 Å². The smallest absolute Gasteiger partial charge is 0.406 e. The molecule has 0 aliphatic rings. The summed E-state index contributed by atoms with van der Waals surface area (Å²) in [4.78, 5) is 22.2. The van der Waals surface area contributed by atoms with Crippen molar-refractivity contribution in [2.24, 2.45) is 0 Å². The summed E-state index contributed by atoms with van der Waals surface area (Å²) in [5, 5.41) is 14.9. The number of para-hydroxylation sites is 1. The number of rotatable bonds is 9. The summed E-state index contributed by atoms with van der Waals surface area (Å²) in [6, 6.07) is 23.8. The van der Waals surface area contributed by atoms with Crippen molar-refractivity contribution in [2.75, 3.05) is 10.6 Å². The van der Waals surface area contributed by atoms with Gasteiger partial charge in [0.05, 0.1) is 11.4 Å². The predicted octanol–water partition coefficient (Wildman–Crippen LogP) is 6.86. The number of carbonyl (C=O) groups is 1. The molecular weight excluding hydrogens is 567 g/mol. The molecule has 0 spiro atoms. The minimum absolute atomic E-state index is 0.0500. The maximum Gasteiger partial charge on any atom is 0.573 e. The maximum absolute atomic E-state index is 13.4. The van der Waals surface area contributed by atoms with Crippen molar-refractivity contribution in [3.8, 4) is 11.4 Å². The second-order valence-corrected chi connectivity index (χ2v) is 10.0. The molecule has 3 aromatic carbocycles. The van der Waals surface area contributed by atoms with Crippen LogP contribution in [0, 0.1) is 13.8 Å². The first-order valence-electron chi connectivity index (χ1n) is 12.6. The number of alkyl halides is 3. The number of hydrogen-bond acceptors (Lipinski definition) is 8. The number of nitrogens with one attached hydrogen (secondary N) is 2. The van der Waals surface area contributed by atoms with Crippen LogP contribution in [0.3, 0.4) is 0 Å². The highest BCUT2D eigenvalue weighted by Gasteiger charge is 2.31. The SMILES string of the molecule is Cc1cc(C)nc(SCc2c(C(=O)Nc3ccc(Nc4ccccc4)cc3)nnn2-c2ccc(OC(F)(F)F)cc2)n1. The van der Waals surface area contributed by atoms with E-state index in [0.717, 1.165) is 22.8 Å². The molecule has 42 heavy (non-hydrogen) atoms. The van der Waals surface area contributed by atoms with Crippen LogP contribution in [0.15, 0.2) is 90.1 Å². The van der Waals surface area contributed by atoms with Crippen LogP contribution < -0.4 is 15.4 Å². The van der Waals surface area contributed by atoms with Gasteiger partial charge in [-0.25, -0.2) is 14.6 Å². The van der Waals surface area contributed by atoms with Gasteiger partial charge in [0.1, 0.15) is 5.75 Å². The van der Waals surface area contributed by atoms with Gasteiger partial charge in [-0.1, -0.05) is 35.2 Å². The van der Waals surface area contributed by atoms with Gasteiger partial charge in [-0.3, -0.25) is 4.79 Å². The van der Waals surface area contributed by atoms with E-state index in [0.29, 0.717) is 22.2 Å². The molecule has 2 heterocycles. The molecule has 214 valence electrons. The molecule has 5 aromatic rings.